The van der Waals surface area contributed by atoms with E-state index >= 15 is 0 Å². The molecule has 4 rings (SSSR count). The Balaban J connectivity index is 1.90. The molecule has 2 amide bonds. The summed E-state index contributed by atoms with van der Waals surface area (Å²) in [4.78, 5) is 13.8. The number of aryl methyl sites for hydroxylation is 2. The number of amides is 2. The summed E-state index contributed by atoms with van der Waals surface area (Å²) in [5.74, 6) is 0. The topological polar surface area (TPSA) is 76.2 Å². The van der Waals surface area contributed by atoms with Crippen LogP contribution in [0.2, 0.25) is 0 Å². The van der Waals surface area contributed by atoms with Crippen molar-refractivity contribution >= 4 is 11.7 Å². The molecule has 2 heterocycles. The number of rotatable bonds is 4. The molecule has 0 atom stereocenters. The number of para-hydroxylation sites is 1. The summed E-state index contributed by atoms with van der Waals surface area (Å²) in [7, 11) is 0. The lowest BCUT2D eigenvalue weighted by molar-refractivity contribution is 0.0869. The van der Waals surface area contributed by atoms with E-state index in [1.807, 2.05) is 24.3 Å². The second-order valence-corrected chi connectivity index (χ2v) is 10.9. The van der Waals surface area contributed by atoms with Crippen LogP contribution in [0.1, 0.15) is 57.0 Å². The first-order valence-electron chi connectivity index (χ1n) is 11.5. The van der Waals surface area contributed by atoms with Gasteiger partial charge in [-0.25, -0.2) is 9.48 Å². The maximum Gasteiger partial charge on any atom is 0.316 e. The molecule has 1 aliphatic heterocycles. The molecule has 1 aliphatic rings. The minimum Gasteiger partial charge on any atom is -0.351 e. The lowest BCUT2D eigenvalue weighted by Crippen LogP contribution is -2.41. The molecule has 0 spiro atoms. The van der Waals surface area contributed by atoms with Crippen LogP contribution in [0.4, 0.5) is 10.5 Å². The van der Waals surface area contributed by atoms with Gasteiger partial charge in [-0.05, 0) is 56.4 Å². The normalized spacial score (nSPS) is 15.5. The molecule has 3 N–H and O–H groups in total. The maximum atomic E-state index is 11.3. The average Bonchev–Trinajstić information content (AvgIpc) is 3.16. The number of nitrogens with zero attached hydrogens (tertiary/aromatic N) is 3. The van der Waals surface area contributed by atoms with Gasteiger partial charge in [-0.3, -0.25) is 4.90 Å². The Morgan fingerprint density at radius 1 is 1.09 bits per heavy atom. The van der Waals surface area contributed by atoms with Gasteiger partial charge in [-0.2, -0.15) is 5.10 Å². The second-order valence-electron chi connectivity index (χ2n) is 10.9. The van der Waals surface area contributed by atoms with Crippen molar-refractivity contribution in [3.63, 3.8) is 0 Å². The first-order valence-corrected chi connectivity index (χ1v) is 11.5. The number of benzene rings is 2. The quantitative estimate of drug-likeness (QED) is 0.537. The number of hydrogen-bond acceptors (Lipinski definition) is 3. The van der Waals surface area contributed by atoms with Gasteiger partial charge < -0.3 is 11.1 Å². The third kappa shape index (κ3) is 4.27. The van der Waals surface area contributed by atoms with E-state index in [4.69, 9.17) is 10.8 Å². The molecule has 3 aromatic rings. The van der Waals surface area contributed by atoms with E-state index in [9.17, 15) is 4.79 Å². The fraction of sp³-hybridized carbons (Fsp3) is 0.407. The Kier molecular flexibility index (Phi) is 5.61. The highest BCUT2D eigenvalue weighted by atomic mass is 16.2. The zero-order valence-corrected chi connectivity index (χ0v) is 20.8. The first-order chi connectivity index (χ1) is 15.4. The van der Waals surface area contributed by atoms with Crippen LogP contribution in [0.15, 0.2) is 42.5 Å². The summed E-state index contributed by atoms with van der Waals surface area (Å²) < 4.78 is 2.13. The van der Waals surface area contributed by atoms with E-state index in [1.54, 1.807) is 0 Å². The monoisotopic (exact) mass is 445 g/mol. The summed E-state index contributed by atoms with van der Waals surface area (Å²) in [6.07, 6.45) is 0. The van der Waals surface area contributed by atoms with Gasteiger partial charge in [0.25, 0.3) is 0 Å². The van der Waals surface area contributed by atoms with Crippen LogP contribution in [-0.2, 0) is 12.1 Å². The summed E-state index contributed by atoms with van der Waals surface area (Å²) in [6.45, 7) is 17.5. The molecular formula is C27H35N5O. The minimum absolute atomic E-state index is 0.174. The predicted octanol–water partition coefficient (Wildman–Crippen LogP) is 5.74. The van der Waals surface area contributed by atoms with Crippen LogP contribution >= 0.6 is 0 Å². The average molecular weight is 446 g/mol. The Morgan fingerprint density at radius 2 is 1.70 bits per heavy atom. The van der Waals surface area contributed by atoms with Crippen molar-refractivity contribution in [2.75, 3.05) is 11.9 Å². The SMILES string of the molecule is Cc1cccc(C)c1-n1nc2c(c1-c1ccc(NC(N)=O)cc1)CN(CC(C)(C)C)C2(C)C. The van der Waals surface area contributed by atoms with Crippen molar-refractivity contribution in [1.82, 2.24) is 14.7 Å². The summed E-state index contributed by atoms with van der Waals surface area (Å²) in [5, 5.41) is 7.90. The molecular weight excluding hydrogens is 410 g/mol. The van der Waals surface area contributed by atoms with Crippen molar-refractivity contribution in [2.24, 2.45) is 11.1 Å². The van der Waals surface area contributed by atoms with Crippen molar-refractivity contribution in [1.29, 1.82) is 0 Å². The number of nitrogens with two attached hydrogens (primary N) is 1. The van der Waals surface area contributed by atoms with Gasteiger partial charge in [0.15, 0.2) is 0 Å². The van der Waals surface area contributed by atoms with Gasteiger partial charge in [0.1, 0.15) is 0 Å². The van der Waals surface area contributed by atoms with Gasteiger partial charge in [0.2, 0.25) is 0 Å². The molecule has 0 radical (unpaired) electrons. The number of urea groups is 1. The smallest absolute Gasteiger partial charge is 0.316 e. The lowest BCUT2D eigenvalue weighted by atomic mass is 9.93. The van der Waals surface area contributed by atoms with Crippen molar-refractivity contribution in [3.05, 3.63) is 64.8 Å². The lowest BCUT2D eigenvalue weighted by Gasteiger charge is -2.36. The van der Waals surface area contributed by atoms with Crippen LogP contribution in [0.5, 0.6) is 0 Å². The number of carbonyl (C=O) groups is 1. The number of hydrogen-bond donors (Lipinski definition) is 2. The van der Waals surface area contributed by atoms with Crippen LogP contribution in [0, 0.1) is 19.3 Å². The molecule has 0 saturated carbocycles. The molecule has 6 heteroatoms. The number of primary amides is 1. The first kappa shape index (κ1) is 23.1. The van der Waals surface area contributed by atoms with E-state index in [2.05, 4.69) is 81.6 Å². The highest BCUT2D eigenvalue weighted by Gasteiger charge is 2.44. The third-order valence-electron chi connectivity index (χ3n) is 6.44. The molecule has 6 nitrogen and oxygen atoms in total. The fourth-order valence-corrected chi connectivity index (χ4v) is 4.91. The van der Waals surface area contributed by atoms with E-state index < -0.39 is 6.03 Å². The van der Waals surface area contributed by atoms with Crippen molar-refractivity contribution in [3.8, 4) is 16.9 Å². The summed E-state index contributed by atoms with van der Waals surface area (Å²) in [5.41, 5.74) is 14.0. The van der Waals surface area contributed by atoms with Crippen molar-refractivity contribution < 1.29 is 4.79 Å². The van der Waals surface area contributed by atoms with Crippen LogP contribution < -0.4 is 11.1 Å². The van der Waals surface area contributed by atoms with E-state index in [1.165, 1.54) is 16.7 Å². The maximum absolute atomic E-state index is 11.3. The number of carbonyl (C=O) groups excluding carboxylic acids is 1. The van der Waals surface area contributed by atoms with E-state index in [-0.39, 0.29) is 11.0 Å². The van der Waals surface area contributed by atoms with Gasteiger partial charge in [-0.1, -0.05) is 51.1 Å². The van der Waals surface area contributed by atoms with E-state index in [0.717, 1.165) is 35.7 Å². The Labute approximate surface area is 196 Å². The number of aromatic nitrogens is 2. The molecule has 2 aromatic carbocycles. The standard InChI is InChI=1S/C27H35N5O/c1-17-9-8-10-18(2)22(17)32-23(19-11-13-20(14-12-19)29-25(28)33)21-15-31(16-26(3,4)5)27(6,7)24(21)30-32/h8-14H,15-16H2,1-7H3,(H3,28,29,33). The van der Waals surface area contributed by atoms with Gasteiger partial charge in [-0.15, -0.1) is 0 Å². The molecule has 0 bridgehead atoms. The molecule has 1 aromatic heterocycles. The van der Waals surface area contributed by atoms with Crippen LogP contribution in [-0.4, -0.2) is 27.3 Å². The Hall–Kier alpha value is -3.12. The highest BCUT2D eigenvalue weighted by molar-refractivity contribution is 5.88. The number of nitrogens with one attached hydrogen (secondary N) is 1. The molecule has 0 aliphatic carbocycles. The highest BCUT2D eigenvalue weighted by Crippen LogP contribution is 2.45. The number of anilines is 1. The number of fused-ring (bicyclic) bond motifs is 1. The van der Waals surface area contributed by atoms with Crippen LogP contribution in [0.3, 0.4) is 0 Å². The van der Waals surface area contributed by atoms with Gasteiger partial charge >= 0.3 is 6.03 Å². The van der Waals surface area contributed by atoms with Crippen LogP contribution in [0.25, 0.3) is 16.9 Å². The molecule has 0 fully saturated rings. The zero-order valence-electron chi connectivity index (χ0n) is 20.8. The molecule has 33 heavy (non-hydrogen) atoms. The molecule has 0 saturated heterocycles. The largest absolute Gasteiger partial charge is 0.351 e. The molecule has 174 valence electrons. The fourth-order valence-electron chi connectivity index (χ4n) is 4.91. The van der Waals surface area contributed by atoms with Crippen molar-refractivity contribution in [2.45, 2.75) is 60.5 Å². The van der Waals surface area contributed by atoms with Gasteiger partial charge in [0.05, 0.1) is 22.6 Å². The van der Waals surface area contributed by atoms with E-state index in [0.29, 0.717) is 5.69 Å². The minimum atomic E-state index is -0.566. The Morgan fingerprint density at radius 3 is 2.24 bits per heavy atom. The summed E-state index contributed by atoms with van der Waals surface area (Å²) in [6, 6.07) is 13.6. The summed E-state index contributed by atoms with van der Waals surface area (Å²) >= 11 is 0. The molecule has 0 unspecified atom stereocenters. The van der Waals surface area contributed by atoms with Gasteiger partial charge in [0, 0.05) is 29.9 Å². The third-order valence-corrected chi connectivity index (χ3v) is 6.44. The Bertz CT molecular complexity index is 1180. The zero-order chi connectivity index (χ0) is 24.1. The predicted molar refractivity (Wildman–Crippen MR) is 135 cm³/mol. The second kappa shape index (κ2) is 8.03.